The number of pyridine rings is 1. The van der Waals surface area contributed by atoms with E-state index in [1.165, 1.54) is 197 Å². The standard InChI is InChI=1S/C21H40N2.C20H40O2.C9H7N.BrH/c1-3-4-5-6-7-8-9-10-11-12-13-14-15-16-17-18-21-22-19-20-23(21)2;1-3-5-6-7-8-9-10-11-12-13-14-15-16-17-18-19-20(21)22-4-2;1-2-6-9-8(4-1)5-3-7-10-9;/h19-20H,3-18H2,1-2H3;3-19H2,1-2H3;1-7H;1H. The Bertz CT molecular complexity index is 1170. The zero-order valence-corrected chi connectivity index (χ0v) is 38.8. The normalized spacial score (nSPS) is 10.6. The highest BCUT2D eigenvalue weighted by atomic mass is 79.9. The highest BCUT2D eigenvalue weighted by molar-refractivity contribution is 8.93. The van der Waals surface area contributed by atoms with Crippen LogP contribution in [-0.4, -0.2) is 27.1 Å². The van der Waals surface area contributed by atoms with E-state index in [1.807, 2.05) is 49.8 Å². The molecule has 2 aromatic heterocycles. The van der Waals surface area contributed by atoms with Crippen LogP contribution in [0.15, 0.2) is 55.0 Å². The molecule has 0 spiro atoms. The Balaban J connectivity index is 0.000000855. The summed E-state index contributed by atoms with van der Waals surface area (Å²) in [7, 11) is 2.09. The number of ether oxygens (including phenoxy) is 1. The van der Waals surface area contributed by atoms with Gasteiger partial charge in [0.25, 0.3) is 0 Å². The Hall–Kier alpha value is -2.21. The van der Waals surface area contributed by atoms with Crippen molar-refractivity contribution < 1.29 is 9.53 Å². The number of carbonyl (C=O) groups excluding carboxylic acids is 1. The molecule has 3 rings (SSSR count). The maximum absolute atomic E-state index is 11.2. The molecule has 0 atom stereocenters. The van der Waals surface area contributed by atoms with E-state index in [0.717, 1.165) is 18.4 Å². The van der Waals surface area contributed by atoms with Gasteiger partial charge in [-0.05, 0) is 31.9 Å². The van der Waals surface area contributed by atoms with E-state index in [9.17, 15) is 4.79 Å². The van der Waals surface area contributed by atoms with E-state index in [4.69, 9.17) is 4.74 Å². The molecule has 1 aromatic carbocycles. The number of halogens is 1. The largest absolute Gasteiger partial charge is 0.466 e. The monoisotopic (exact) mass is 842 g/mol. The van der Waals surface area contributed by atoms with Gasteiger partial charge in [0, 0.05) is 43.9 Å². The van der Waals surface area contributed by atoms with E-state index >= 15 is 0 Å². The predicted molar refractivity (Wildman–Crippen MR) is 250 cm³/mol. The minimum Gasteiger partial charge on any atom is -0.466 e. The lowest BCUT2D eigenvalue weighted by Gasteiger charge is -2.04. The van der Waals surface area contributed by atoms with Gasteiger partial charge in [0.2, 0.25) is 0 Å². The zero-order valence-electron chi connectivity index (χ0n) is 37.1. The lowest BCUT2D eigenvalue weighted by Crippen LogP contribution is -2.03. The second kappa shape index (κ2) is 42.4. The maximum atomic E-state index is 11.2. The third-order valence-corrected chi connectivity index (χ3v) is 10.7. The highest BCUT2D eigenvalue weighted by Gasteiger charge is 2.01. The molecule has 0 amide bonds. The Kier molecular flexibility index (Phi) is 40.7. The van der Waals surface area contributed by atoms with E-state index in [0.29, 0.717) is 13.0 Å². The number of esters is 1. The van der Waals surface area contributed by atoms with Gasteiger partial charge in [0.05, 0.1) is 12.1 Å². The van der Waals surface area contributed by atoms with Crippen LogP contribution in [0.5, 0.6) is 0 Å². The van der Waals surface area contributed by atoms with Gasteiger partial charge in [0.1, 0.15) is 5.82 Å². The number of fused-ring (bicyclic) bond motifs is 1. The summed E-state index contributed by atoms with van der Waals surface area (Å²) in [6.07, 6.45) is 49.3. The Morgan fingerprint density at radius 2 is 0.929 bits per heavy atom. The molecular weight excluding hydrogens is 754 g/mol. The molecule has 6 heteroatoms. The van der Waals surface area contributed by atoms with Crippen molar-refractivity contribution in [3.63, 3.8) is 0 Å². The van der Waals surface area contributed by atoms with Gasteiger partial charge in [-0.15, -0.1) is 17.0 Å². The van der Waals surface area contributed by atoms with E-state index < -0.39 is 0 Å². The number of rotatable bonds is 33. The summed E-state index contributed by atoms with van der Waals surface area (Å²) in [6, 6.07) is 12.1. The summed E-state index contributed by atoms with van der Waals surface area (Å²) >= 11 is 0. The van der Waals surface area contributed by atoms with Crippen LogP contribution in [0.2, 0.25) is 0 Å². The lowest BCUT2D eigenvalue weighted by molar-refractivity contribution is -0.143. The fourth-order valence-electron chi connectivity index (χ4n) is 7.18. The van der Waals surface area contributed by atoms with Crippen LogP contribution in [0.25, 0.3) is 10.9 Å². The van der Waals surface area contributed by atoms with Crippen LogP contribution in [-0.2, 0) is 23.0 Å². The number of carbonyl (C=O) groups is 1. The number of nitrogens with zero attached hydrogens (tertiary/aromatic N) is 3. The Labute approximate surface area is 357 Å². The van der Waals surface area contributed by atoms with Crippen LogP contribution >= 0.6 is 17.0 Å². The van der Waals surface area contributed by atoms with Crippen LogP contribution in [0.4, 0.5) is 0 Å². The van der Waals surface area contributed by atoms with E-state index in [-0.39, 0.29) is 23.0 Å². The summed E-state index contributed by atoms with van der Waals surface area (Å²) in [4.78, 5) is 19.7. The molecule has 0 unspecified atom stereocenters. The molecule has 0 fully saturated rings. The summed E-state index contributed by atoms with van der Waals surface area (Å²) < 4.78 is 7.06. The molecule has 0 N–H and O–H groups in total. The Morgan fingerprint density at radius 1 is 0.518 bits per heavy atom. The molecule has 2 heterocycles. The van der Waals surface area contributed by atoms with Crippen molar-refractivity contribution in [1.82, 2.24) is 14.5 Å². The molecule has 0 bridgehead atoms. The van der Waals surface area contributed by atoms with Crippen molar-refractivity contribution in [3.05, 3.63) is 60.8 Å². The smallest absolute Gasteiger partial charge is 0.305 e. The summed E-state index contributed by atoms with van der Waals surface area (Å²) in [5, 5.41) is 1.20. The summed E-state index contributed by atoms with van der Waals surface area (Å²) in [5.41, 5.74) is 1.06. The molecule has 5 nitrogen and oxygen atoms in total. The van der Waals surface area contributed by atoms with Gasteiger partial charge in [-0.2, -0.15) is 0 Å². The quantitative estimate of drug-likeness (QED) is 0.0453. The molecule has 322 valence electrons. The molecule has 0 radical (unpaired) electrons. The van der Waals surface area contributed by atoms with Crippen molar-refractivity contribution in [3.8, 4) is 0 Å². The molecule has 0 aliphatic rings. The Morgan fingerprint density at radius 3 is 1.34 bits per heavy atom. The molecule has 0 aliphatic carbocycles. The molecule has 56 heavy (non-hydrogen) atoms. The lowest BCUT2D eigenvalue weighted by atomic mass is 10.0. The zero-order chi connectivity index (χ0) is 39.7. The summed E-state index contributed by atoms with van der Waals surface area (Å²) in [5.74, 6) is 1.21. The average molecular weight is 843 g/mol. The summed E-state index contributed by atoms with van der Waals surface area (Å²) in [6.45, 7) is 6.95. The molecular formula is C50H88BrN3O2. The minimum atomic E-state index is -0.0304. The molecule has 0 saturated carbocycles. The number of imidazole rings is 1. The number of para-hydroxylation sites is 1. The number of unbranched alkanes of at least 4 members (excludes halogenated alkanes) is 28. The van der Waals surface area contributed by atoms with E-state index in [1.54, 1.807) is 0 Å². The van der Waals surface area contributed by atoms with Gasteiger partial charge in [0.15, 0.2) is 0 Å². The van der Waals surface area contributed by atoms with Gasteiger partial charge >= 0.3 is 5.97 Å². The van der Waals surface area contributed by atoms with Gasteiger partial charge in [-0.1, -0.05) is 218 Å². The van der Waals surface area contributed by atoms with Crippen LogP contribution in [0, 0.1) is 0 Å². The first-order valence-corrected chi connectivity index (χ1v) is 23.5. The predicted octanol–water partition coefficient (Wildman–Crippen LogP) is 16.5. The topological polar surface area (TPSA) is 57.0 Å². The minimum absolute atomic E-state index is 0. The highest BCUT2D eigenvalue weighted by Crippen LogP contribution is 2.16. The second-order valence-electron chi connectivity index (χ2n) is 15.9. The fourth-order valence-corrected chi connectivity index (χ4v) is 7.18. The van der Waals surface area contributed by atoms with Crippen LogP contribution in [0.3, 0.4) is 0 Å². The first kappa shape index (κ1) is 53.8. The van der Waals surface area contributed by atoms with Crippen LogP contribution in [0.1, 0.15) is 226 Å². The van der Waals surface area contributed by atoms with Gasteiger partial charge in [-0.25, -0.2) is 4.98 Å². The van der Waals surface area contributed by atoms with Crippen molar-refractivity contribution in [2.45, 2.75) is 226 Å². The van der Waals surface area contributed by atoms with Gasteiger partial charge < -0.3 is 9.30 Å². The number of hydrogen-bond donors (Lipinski definition) is 0. The van der Waals surface area contributed by atoms with E-state index in [2.05, 4.69) is 47.6 Å². The third kappa shape index (κ3) is 33.9. The first-order chi connectivity index (χ1) is 27.1. The van der Waals surface area contributed by atoms with Crippen molar-refractivity contribution >= 4 is 33.9 Å². The van der Waals surface area contributed by atoms with Crippen molar-refractivity contribution in [1.29, 1.82) is 0 Å². The van der Waals surface area contributed by atoms with Crippen molar-refractivity contribution in [2.24, 2.45) is 7.05 Å². The maximum Gasteiger partial charge on any atom is 0.305 e. The SMILES string of the molecule is Br.CCCCCCCCCCCCCCCCCC(=O)OCC.CCCCCCCCCCCCCCCCCc1nccn1C.c1ccc2ncccc2c1. The molecule has 0 saturated heterocycles. The molecule has 3 aromatic rings. The number of hydrogen-bond acceptors (Lipinski definition) is 4. The first-order valence-electron chi connectivity index (χ1n) is 23.5. The fraction of sp³-hybridized carbons (Fsp3) is 0.740. The number of aryl methyl sites for hydroxylation is 2. The third-order valence-electron chi connectivity index (χ3n) is 10.7. The average Bonchev–Trinajstić information content (AvgIpc) is 3.62. The van der Waals surface area contributed by atoms with Crippen molar-refractivity contribution in [2.75, 3.05) is 6.61 Å². The second-order valence-corrected chi connectivity index (χ2v) is 15.9. The number of aromatic nitrogens is 3. The molecule has 0 aliphatic heterocycles. The number of benzene rings is 1. The van der Waals surface area contributed by atoms with Gasteiger partial charge in [-0.3, -0.25) is 9.78 Å². The van der Waals surface area contributed by atoms with Crippen LogP contribution < -0.4 is 0 Å².